The van der Waals surface area contributed by atoms with E-state index in [1.807, 2.05) is 6.07 Å². The first-order valence-electron chi connectivity index (χ1n) is 7.46. The summed E-state index contributed by atoms with van der Waals surface area (Å²) in [7, 11) is 0. The van der Waals surface area contributed by atoms with Crippen molar-refractivity contribution in [2.24, 2.45) is 0 Å². The van der Waals surface area contributed by atoms with Gasteiger partial charge in [0, 0.05) is 16.4 Å². The zero-order valence-electron chi connectivity index (χ0n) is 14.0. The summed E-state index contributed by atoms with van der Waals surface area (Å²) in [5.41, 5.74) is 1.86. The third kappa shape index (κ3) is 3.95. The number of rotatable bonds is 5. The average Bonchev–Trinajstić information content (AvgIpc) is 3.06. The standard InChI is InChI=1S/C18H24N2OS/c1-7-13-11-15(21-19-13)18(5,6)10-8-9-14-12-16(22-20-14)17(2,3)4/h7-9,11-12H,1,10H2,2-6H3/b9-8+. The molecule has 0 saturated heterocycles. The molecule has 2 aromatic heterocycles. The number of nitrogens with zero attached hydrogens (tertiary/aromatic N) is 2. The fourth-order valence-electron chi connectivity index (χ4n) is 2.00. The Morgan fingerprint density at radius 1 is 1.18 bits per heavy atom. The van der Waals surface area contributed by atoms with Gasteiger partial charge in [0.05, 0.1) is 5.69 Å². The second kappa shape index (κ2) is 6.21. The Morgan fingerprint density at radius 2 is 1.91 bits per heavy atom. The van der Waals surface area contributed by atoms with Gasteiger partial charge in [-0.15, -0.1) is 0 Å². The molecular formula is C18H24N2OS. The summed E-state index contributed by atoms with van der Waals surface area (Å²) in [5, 5.41) is 3.97. The maximum atomic E-state index is 5.40. The molecule has 0 saturated carbocycles. The van der Waals surface area contributed by atoms with Crippen LogP contribution in [0.5, 0.6) is 0 Å². The summed E-state index contributed by atoms with van der Waals surface area (Å²) < 4.78 is 9.90. The van der Waals surface area contributed by atoms with Gasteiger partial charge in [0.2, 0.25) is 0 Å². The van der Waals surface area contributed by atoms with Gasteiger partial charge in [-0.05, 0) is 41.6 Å². The molecule has 0 spiro atoms. The predicted octanol–water partition coefficient (Wildman–Crippen LogP) is 5.45. The topological polar surface area (TPSA) is 38.9 Å². The number of allylic oxidation sites excluding steroid dienone is 1. The van der Waals surface area contributed by atoms with Gasteiger partial charge in [-0.25, -0.2) is 0 Å². The van der Waals surface area contributed by atoms with Crippen LogP contribution in [0.25, 0.3) is 12.2 Å². The van der Waals surface area contributed by atoms with Crippen LogP contribution in [-0.4, -0.2) is 9.53 Å². The molecule has 3 nitrogen and oxygen atoms in total. The lowest BCUT2D eigenvalue weighted by atomic mass is 9.86. The van der Waals surface area contributed by atoms with Crippen LogP contribution in [0.15, 0.2) is 29.3 Å². The third-order valence-electron chi connectivity index (χ3n) is 3.59. The normalized spacial score (nSPS) is 13.0. The van der Waals surface area contributed by atoms with Gasteiger partial charge in [0.15, 0.2) is 0 Å². The predicted molar refractivity (Wildman–Crippen MR) is 94.1 cm³/mol. The van der Waals surface area contributed by atoms with Crippen LogP contribution in [0.2, 0.25) is 0 Å². The van der Waals surface area contributed by atoms with Gasteiger partial charge in [-0.3, -0.25) is 0 Å². The molecule has 4 heteroatoms. The van der Waals surface area contributed by atoms with Gasteiger partial charge in [-0.2, -0.15) is 4.37 Å². The van der Waals surface area contributed by atoms with Gasteiger partial charge >= 0.3 is 0 Å². The lowest BCUT2D eigenvalue weighted by molar-refractivity contribution is 0.317. The fraction of sp³-hybridized carbons (Fsp3) is 0.444. The van der Waals surface area contributed by atoms with Crippen LogP contribution in [0.1, 0.15) is 63.1 Å². The Morgan fingerprint density at radius 3 is 2.45 bits per heavy atom. The fourth-order valence-corrected chi connectivity index (χ4v) is 2.76. The molecular weight excluding hydrogens is 292 g/mol. The van der Waals surface area contributed by atoms with Crippen molar-refractivity contribution in [3.05, 3.63) is 46.8 Å². The van der Waals surface area contributed by atoms with Crippen molar-refractivity contribution in [2.75, 3.05) is 0 Å². The highest BCUT2D eigenvalue weighted by molar-refractivity contribution is 7.06. The summed E-state index contributed by atoms with van der Waals surface area (Å²) >= 11 is 1.58. The van der Waals surface area contributed by atoms with Crippen LogP contribution in [0.3, 0.4) is 0 Å². The number of hydrogen-bond donors (Lipinski definition) is 0. The van der Waals surface area contributed by atoms with Crippen LogP contribution in [-0.2, 0) is 10.8 Å². The quantitative estimate of drug-likeness (QED) is 0.736. The molecule has 0 aliphatic heterocycles. The minimum absolute atomic E-state index is 0.104. The van der Waals surface area contributed by atoms with Crippen molar-refractivity contribution < 1.29 is 4.52 Å². The van der Waals surface area contributed by atoms with Gasteiger partial charge in [0.25, 0.3) is 0 Å². The molecule has 0 amide bonds. The maximum Gasteiger partial charge on any atom is 0.143 e. The van der Waals surface area contributed by atoms with Crippen molar-refractivity contribution in [1.29, 1.82) is 0 Å². The van der Waals surface area contributed by atoms with Gasteiger partial charge in [0.1, 0.15) is 11.5 Å². The van der Waals surface area contributed by atoms with Crippen LogP contribution in [0, 0.1) is 0 Å². The minimum Gasteiger partial charge on any atom is -0.360 e. The molecule has 118 valence electrons. The second-order valence-corrected chi connectivity index (χ2v) is 7.98. The lowest BCUT2D eigenvalue weighted by Gasteiger charge is -2.18. The van der Waals surface area contributed by atoms with E-state index in [0.29, 0.717) is 0 Å². The average molecular weight is 316 g/mol. The van der Waals surface area contributed by atoms with E-state index in [-0.39, 0.29) is 10.8 Å². The Labute approximate surface area is 136 Å². The Kier molecular flexibility index (Phi) is 4.71. The van der Waals surface area contributed by atoms with Crippen molar-refractivity contribution in [3.63, 3.8) is 0 Å². The summed E-state index contributed by atoms with van der Waals surface area (Å²) in [5.74, 6) is 0.876. The molecule has 0 radical (unpaired) electrons. The van der Waals surface area contributed by atoms with Crippen LogP contribution in [0.4, 0.5) is 0 Å². The first-order valence-corrected chi connectivity index (χ1v) is 8.23. The van der Waals surface area contributed by atoms with Crippen molar-refractivity contribution >= 4 is 23.7 Å². The van der Waals surface area contributed by atoms with Crippen LogP contribution >= 0.6 is 11.5 Å². The molecule has 2 heterocycles. The van der Waals surface area contributed by atoms with E-state index in [2.05, 4.69) is 68.9 Å². The second-order valence-electron chi connectivity index (χ2n) is 7.18. The molecule has 0 aromatic carbocycles. The molecule has 2 aromatic rings. The SMILES string of the molecule is C=Cc1cc(C(C)(C)C/C=C/c2cc(C(C)(C)C)sn2)on1. The smallest absolute Gasteiger partial charge is 0.143 e. The number of hydrogen-bond acceptors (Lipinski definition) is 4. The zero-order chi connectivity index (χ0) is 16.4. The highest BCUT2D eigenvalue weighted by Gasteiger charge is 2.24. The summed E-state index contributed by atoms with van der Waals surface area (Å²) in [6, 6.07) is 4.11. The molecule has 0 aliphatic carbocycles. The van der Waals surface area contributed by atoms with Gasteiger partial charge in [-0.1, -0.05) is 52.4 Å². The number of aromatic nitrogens is 2. The maximum absolute atomic E-state index is 5.40. The van der Waals surface area contributed by atoms with Crippen LogP contribution < -0.4 is 0 Å². The van der Waals surface area contributed by atoms with E-state index >= 15 is 0 Å². The Balaban J connectivity index is 2.04. The van der Waals surface area contributed by atoms with E-state index in [0.717, 1.165) is 23.6 Å². The highest BCUT2D eigenvalue weighted by atomic mass is 32.1. The Bertz CT molecular complexity index is 671. The monoisotopic (exact) mass is 316 g/mol. The van der Waals surface area contributed by atoms with E-state index in [1.54, 1.807) is 17.6 Å². The van der Waals surface area contributed by atoms with Crippen molar-refractivity contribution in [1.82, 2.24) is 9.53 Å². The van der Waals surface area contributed by atoms with Gasteiger partial charge < -0.3 is 4.52 Å². The molecule has 0 aliphatic rings. The lowest BCUT2D eigenvalue weighted by Crippen LogP contribution is -2.14. The molecule has 0 atom stereocenters. The summed E-state index contributed by atoms with van der Waals surface area (Å²) in [6.07, 6.45) is 6.79. The summed E-state index contributed by atoms with van der Waals surface area (Å²) in [6.45, 7) is 14.6. The molecule has 2 rings (SSSR count). The van der Waals surface area contributed by atoms with Crippen molar-refractivity contribution in [2.45, 2.75) is 51.9 Å². The summed E-state index contributed by atoms with van der Waals surface area (Å²) in [4.78, 5) is 1.30. The van der Waals surface area contributed by atoms with E-state index in [4.69, 9.17) is 4.52 Å². The molecule has 22 heavy (non-hydrogen) atoms. The first-order chi connectivity index (χ1) is 10.2. The molecule has 0 fully saturated rings. The molecule has 0 N–H and O–H groups in total. The van der Waals surface area contributed by atoms with E-state index in [1.165, 1.54) is 4.88 Å². The molecule has 0 bridgehead atoms. The van der Waals surface area contributed by atoms with E-state index in [9.17, 15) is 0 Å². The van der Waals surface area contributed by atoms with Crippen molar-refractivity contribution in [3.8, 4) is 0 Å². The van der Waals surface area contributed by atoms with E-state index < -0.39 is 0 Å². The highest BCUT2D eigenvalue weighted by Crippen LogP contribution is 2.30. The third-order valence-corrected chi connectivity index (χ3v) is 4.82. The molecule has 0 unspecified atom stereocenters. The minimum atomic E-state index is -0.104. The zero-order valence-corrected chi connectivity index (χ0v) is 14.8. The Hall–Kier alpha value is -1.68. The largest absolute Gasteiger partial charge is 0.360 e. The first kappa shape index (κ1) is 16.7.